The number of rotatable bonds is 4. The van der Waals surface area contributed by atoms with E-state index in [1.54, 1.807) is 7.11 Å². The molecule has 1 aliphatic rings. The Morgan fingerprint density at radius 2 is 2.25 bits per heavy atom. The molecule has 7 heteroatoms. The van der Waals surface area contributed by atoms with Gasteiger partial charge < -0.3 is 15.4 Å². The van der Waals surface area contributed by atoms with Gasteiger partial charge >= 0.3 is 0 Å². The van der Waals surface area contributed by atoms with Crippen molar-refractivity contribution in [1.82, 2.24) is 10.6 Å². The fourth-order valence-corrected chi connectivity index (χ4v) is 4.14. The predicted octanol–water partition coefficient (Wildman–Crippen LogP) is -0.326. The smallest absolute Gasteiger partial charge is 0.166 e. The van der Waals surface area contributed by atoms with E-state index in [2.05, 4.69) is 10.6 Å². The molecule has 0 aliphatic carbocycles. The number of hydrogen-bond acceptors (Lipinski definition) is 4. The molecule has 0 amide bonds. The Hall–Kier alpha value is -0.400. The van der Waals surface area contributed by atoms with Crippen molar-refractivity contribution in [2.45, 2.75) is 18.9 Å². The van der Waals surface area contributed by atoms with Gasteiger partial charge in [0, 0.05) is 13.7 Å². The molecule has 1 fully saturated rings. The lowest BCUT2D eigenvalue weighted by Crippen LogP contribution is -2.51. The molecule has 0 aromatic carbocycles. The predicted molar refractivity (Wildman–Crippen MR) is 67.3 cm³/mol. The van der Waals surface area contributed by atoms with Gasteiger partial charge in [-0.1, -0.05) is 0 Å². The van der Waals surface area contributed by atoms with E-state index in [0.717, 1.165) is 0 Å². The van der Waals surface area contributed by atoms with E-state index in [-0.39, 0.29) is 11.5 Å². The normalized spacial score (nSPS) is 27.6. The SMILES string of the molecule is COCCNC(=S)NC1(C)CCS(=O)(=O)C1. The molecule has 0 spiro atoms. The van der Waals surface area contributed by atoms with Gasteiger partial charge in [-0.25, -0.2) is 8.42 Å². The van der Waals surface area contributed by atoms with Gasteiger partial charge in [0.2, 0.25) is 0 Å². The van der Waals surface area contributed by atoms with Crippen LogP contribution in [0.4, 0.5) is 0 Å². The van der Waals surface area contributed by atoms with E-state index >= 15 is 0 Å². The second-order valence-corrected chi connectivity index (χ2v) is 6.87. The molecule has 1 aliphatic heterocycles. The van der Waals surface area contributed by atoms with Crippen LogP contribution in [0.5, 0.6) is 0 Å². The third-order valence-electron chi connectivity index (χ3n) is 2.51. The van der Waals surface area contributed by atoms with Crippen molar-refractivity contribution in [2.75, 3.05) is 31.8 Å². The van der Waals surface area contributed by atoms with Crippen LogP contribution in [0.1, 0.15) is 13.3 Å². The van der Waals surface area contributed by atoms with Crippen molar-refractivity contribution in [3.63, 3.8) is 0 Å². The maximum Gasteiger partial charge on any atom is 0.166 e. The highest BCUT2D eigenvalue weighted by molar-refractivity contribution is 7.91. The summed E-state index contributed by atoms with van der Waals surface area (Å²) < 4.78 is 27.6. The zero-order chi connectivity index (χ0) is 12.2. The van der Waals surface area contributed by atoms with E-state index in [4.69, 9.17) is 17.0 Å². The summed E-state index contributed by atoms with van der Waals surface area (Å²) in [6, 6.07) is 0. The second kappa shape index (κ2) is 5.29. The first-order valence-corrected chi connectivity index (χ1v) is 7.35. The summed E-state index contributed by atoms with van der Waals surface area (Å²) in [7, 11) is -1.29. The van der Waals surface area contributed by atoms with Crippen LogP contribution in [0, 0.1) is 0 Å². The molecule has 2 N–H and O–H groups in total. The Balaban J connectivity index is 2.39. The minimum atomic E-state index is -2.90. The minimum Gasteiger partial charge on any atom is -0.383 e. The Kier molecular flexibility index (Phi) is 4.52. The van der Waals surface area contributed by atoms with Gasteiger partial charge in [0.25, 0.3) is 0 Å². The molecule has 0 bridgehead atoms. The van der Waals surface area contributed by atoms with Gasteiger partial charge in [-0.05, 0) is 25.6 Å². The lowest BCUT2D eigenvalue weighted by Gasteiger charge is -2.25. The summed E-state index contributed by atoms with van der Waals surface area (Å²) in [5, 5.41) is 6.50. The van der Waals surface area contributed by atoms with E-state index in [1.165, 1.54) is 0 Å². The molecule has 16 heavy (non-hydrogen) atoms. The van der Waals surface area contributed by atoms with E-state index in [0.29, 0.717) is 24.7 Å². The monoisotopic (exact) mass is 266 g/mol. The first-order valence-electron chi connectivity index (χ1n) is 5.12. The molecular weight excluding hydrogens is 248 g/mol. The molecular formula is C9H18N2O3S2. The Bertz CT molecular complexity index is 356. The highest BCUT2D eigenvalue weighted by Gasteiger charge is 2.38. The van der Waals surface area contributed by atoms with Crippen LogP contribution in [0.3, 0.4) is 0 Å². The highest BCUT2D eigenvalue weighted by Crippen LogP contribution is 2.22. The number of nitrogens with one attached hydrogen (secondary N) is 2. The standard InChI is InChI=1S/C9H18N2O3S2/c1-9(3-6-16(12,13)7-9)11-8(15)10-4-5-14-2/h3-7H2,1-2H3,(H2,10,11,15). The third kappa shape index (κ3) is 4.23. The second-order valence-electron chi connectivity index (χ2n) is 4.28. The first kappa shape index (κ1) is 13.7. The zero-order valence-corrected chi connectivity index (χ0v) is 11.2. The number of thiocarbonyl (C=S) groups is 1. The zero-order valence-electron chi connectivity index (χ0n) is 9.58. The van der Waals surface area contributed by atoms with Crippen LogP contribution < -0.4 is 10.6 Å². The first-order chi connectivity index (χ1) is 7.37. The van der Waals surface area contributed by atoms with E-state index < -0.39 is 15.4 Å². The molecule has 1 rings (SSSR count). The number of hydrogen-bond donors (Lipinski definition) is 2. The Morgan fingerprint density at radius 3 is 2.75 bits per heavy atom. The molecule has 1 heterocycles. The Morgan fingerprint density at radius 1 is 1.56 bits per heavy atom. The number of methoxy groups -OCH3 is 1. The van der Waals surface area contributed by atoms with E-state index in [1.807, 2.05) is 6.92 Å². The van der Waals surface area contributed by atoms with Gasteiger partial charge in [-0.3, -0.25) is 0 Å². The molecule has 0 aromatic rings. The average molecular weight is 266 g/mol. The lowest BCUT2D eigenvalue weighted by molar-refractivity contribution is 0.203. The van der Waals surface area contributed by atoms with Gasteiger partial charge in [-0.2, -0.15) is 0 Å². The largest absolute Gasteiger partial charge is 0.383 e. The molecule has 0 aromatic heterocycles. The molecule has 1 unspecified atom stereocenters. The number of sulfone groups is 1. The molecule has 1 atom stereocenters. The Labute approximate surface area is 102 Å². The van der Waals surface area contributed by atoms with Gasteiger partial charge in [0.1, 0.15) is 0 Å². The summed E-state index contributed by atoms with van der Waals surface area (Å²) in [5.74, 6) is 0.378. The maximum atomic E-state index is 11.4. The van der Waals surface area contributed by atoms with Crippen LogP contribution in [-0.4, -0.2) is 50.8 Å². The quantitative estimate of drug-likeness (QED) is 0.537. The van der Waals surface area contributed by atoms with Crippen LogP contribution in [-0.2, 0) is 14.6 Å². The number of ether oxygens (including phenoxy) is 1. The van der Waals surface area contributed by atoms with Crippen molar-refractivity contribution in [2.24, 2.45) is 0 Å². The summed E-state index contributed by atoms with van der Waals surface area (Å²) in [5.41, 5.74) is -0.435. The summed E-state index contributed by atoms with van der Waals surface area (Å²) in [4.78, 5) is 0. The maximum absolute atomic E-state index is 11.4. The minimum absolute atomic E-state index is 0.145. The van der Waals surface area contributed by atoms with Crippen molar-refractivity contribution in [3.8, 4) is 0 Å². The lowest BCUT2D eigenvalue weighted by atomic mass is 10.0. The fraction of sp³-hybridized carbons (Fsp3) is 0.889. The van der Waals surface area contributed by atoms with E-state index in [9.17, 15) is 8.42 Å². The topological polar surface area (TPSA) is 67.4 Å². The molecule has 5 nitrogen and oxygen atoms in total. The van der Waals surface area contributed by atoms with Crippen molar-refractivity contribution < 1.29 is 13.2 Å². The summed E-state index contributed by atoms with van der Waals surface area (Å²) >= 11 is 5.08. The van der Waals surface area contributed by atoms with Gasteiger partial charge in [-0.15, -0.1) is 0 Å². The average Bonchev–Trinajstić information content (AvgIpc) is 2.40. The third-order valence-corrected chi connectivity index (χ3v) is 4.66. The molecule has 94 valence electrons. The van der Waals surface area contributed by atoms with Crippen LogP contribution >= 0.6 is 12.2 Å². The van der Waals surface area contributed by atoms with Crippen molar-refractivity contribution in [1.29, 1.82) is 0 Å². The van der Waals surface area contributed by atoms with Crippen molar-refractivity contribution in [3.05, 3.63) is 0 Å². The highest BCUT2D eigenvalue weighted by atomic mass is 32.2. The van der Waals surface area contributed by atoms with Crippen LogP contribution in [0.15, 0.2) is 0 Å². The van der Waals surface area contributed by atoms with Crippen LogP contribution in [0.2, 0.25) is 0 Å². The van der Waals surface area contributed by atoms with Crippen molar-refractivity contribution >= 4 is 27.2 Å². The van der Waals surface area contributed by atoms with Gasteiger partial charge in [0.15, 0.2) is 14.9 Å². The summed E-state index contributed by atoms with van der Waals surface area (Å²) in [6.07, 6.45) is 0.599. The molecule has 0 radical (unpaired) electrons. The van der Waals surface area contributed by atoms with Crippen LogP contribution in [0.25, 0.3) is 0 Å². The fourth-order valence-electron chi connectivity index (χ4n) is 1.69. The molecule has 0 saturated carbocycles. The van der Waals surface area contributed by atoms with Gasteiger partial charge in [0.05, 0.1) is 23.7 Å². The summed E-state index contributed by atoms with van der Waals surface area (Å²) in [6.45, 7) is 3.06. The molecule has 1 saturated heterocycles.